The van der Waals surface area contributed by atoms with Crippen molar-refractivity contribution in [1.29, 1.82) is 0 Å². The highest BCUT2D eigenvalue weighted by Gasteiger charge is 2.30. The molecular weight excluding hydrogens is 323 g/mol. The van der Waals surface area contributed by atoms with Crippen LogP contribution in [0.3, 0.4) is 0 Å². The Morgan fingerprint density at radius 1 is 1.48 bits per heavy atom. The van der Waals surface area contributed by atoms with Gasteiger partial charge in [-0.25, -0.2) is 21.9 Å². The predicted molar refractivity (Wildman–Crippen MR) is 85.0 cm³/mol. The van der Waals surface area contributed by atoms with E-state index in [1.807, 2.05) is 0 Å². The van der Waals surface area contributed by atoms with Crippen molar-refractivity contribution in [3.05, 3.63) is 24.3 Å². The van der Waals surface area contributed by atoms with E-state index in [-0.39, 0.29) is 17.5 Å². The molecule has 0 saturated carbocycles. The number of nitrogens with zero attached hydrogens (tertiary/aromatic N) is 3. The number of rotatable bonds is 4. The molecule has 2 heterocycles. The van der Waals surface area contributed by atoms with Crippen LogP contribution in [0.25, 0.3) is 0 Å². The maximum absolute atomic E-state index is 13.5. The Hall–Kier alpha value is -1.74. The van der Waals surface area contributed by atoms with Crippen molar-refractivity contribution in [3.8, 4) is 0 Å². The average Bonchev–Trinajstić information content (AvgIpc) is 2.56. The van der Waals surface area contributed by atoms with E-state index in [0.717, 1.165) is 6.20 Å². The van der Waals surface area contributed by atoms with Crippen molar-refractivity contribution >= 4 is 21.7 Å². The van der Waals surface area contributed by atoms with E-state index >= 15 is 0 Å². The van der Waals surface area contributed by atoms with E-state index in [4.69, 9.17) is 0 Å². The van der Waals surface area contributed by atoms with Gasteiger partial charge < -0.3 is 10.2 Å². The minimum atomic E-state index is -3.23. The Morgan fingerprint density at radius 2 is 2.13 bits per heavy atom. The molecule has 1 aliphatic heterocycles. The van der Waals surface area contributed by atoms with Gasteiger partial charge in [0.15, 0.2) is 5.82 Å². The van der Waals surface area contributed by atoms with E-state index in [9.17, 15) is 17.6 Å². The van der Waals surface area contributed by atoms with Crippen LogP contribution in [0.2, 0.25) is 0 Å². The van der Waals surface area contributed by atoms with Crippen LogP contribution in [-0.4, -0.2) is 60.6 Å². The van der Waals surface area contributed by atoms with Crippen LogP contribution in [0.15, 0.2) is 18.5 Å². The number of carbonyl (C=O) groups excluding carboxylic acids is 1. The summed E-state index contributed by atoms with van der Waals surface area (Å²) in [5.41, 5.74) is 0.0813. The number of carbonyl (C=O) groups is 1. The Balaban J connectivity index is 1.92. The molecule has 0 bridgehead atoms. The summed E-state index contributed by atoms with van der Waals surface area (Å²) in [7, 11) is -1.66. The molecule has 1 saturated heterocycles. The SMILES string of the molecule is CCS(=O)(=O)N(C)C1CCN(C(=O)Nc2ccncc2F)CC1. The first-order valence-corrected chi connectivity index (χ1v) is 9.07. The number of likely N-dealkylation sites (tertiary alicyclic amines) is 1. The Bertz CT molecular complexity index is 660. The molecule has 7 nitrogen and oxygen atoms in total. The molecule has 0 radical (unpaired) electrons. The summed E-state index contributed by atoms with van der Waals surface area (Å²) in [5, 5.41) is 2.51. The van der Waals surface area contributed by atoms with Gasteiger partial charge in [0.2, 0.25) is 10.0 Å². The molecule has 9 heteroatoms. The first-order chi connectivity index (χ1) is 10.8. The number of urea groups is 1. The van der Waals surface area contributed by atoms with Crippen molar-refractivity contribution in [2.45, 2.75) is 25.8 Å². The standard InChI is InChI=1S/C14H21FN4O3S/c1-3-23(21,22)18(2)11-5-8-19(9-6-11)14(20)17-13-4-7-16-10-12(13)15/h4,7,10-11H,3,5-6,8-9H2,1-2H3,(H,16,17,20). The Kier molecular flexibility index (Phi) is 5.53. The largest absolute Gasteiger partial charge is 0.324 e. The molecule has 0 aromatic carbocycles. The summed E-state index contributed by atoms with van der Waals surface area (Å²) in [6, 6.07) is 0.887. The lowest BCUT2D eigenvalue weighted by atomic mass is 10.1. The number of hydrogen-bond donors (Lipinski definition) is 1. The van der Waals surface area contributed by atoms with Crippen molar-refractivity contribution in [3.63, 3.8) is 0 Å². The zero-order chi connectivity index (χ0) is 17.0. The van der Waals surface area contributed by atoms with Crippen LogP contribution in [0.1, 0.15) is 19.8 Å². The minimum Gasteiger partial charge on any atom is -0.324 e. The molecule has 128 valence electrons. The van der Waals surface area contributed by atoms with Gasteiger partial charge >= 0.3 is 6.03 Å². The molecular formula is C14H21FN4O3S. The number of amides is 2. The number of halogens is 1. The van der Waals surface area contributed by atoms with Crippen molar-refractivity contribution in [2.75, 3.05) is 31.2 Å². The molecule has 0 aliphatic carbocycles. The summed E-state index contributed by atoms with van der Waals surface area (Å²) in [5.74, 6) is -0.532. The second-order valence-corrected chi connectivity index (χ2v) is 7.74. The van der Waals surface area contributed by atoms with Crippen LogP contribution in [-0.2, 0) is 10.0 Å². The summed E-state index contributed by atoms with van der Waals surface area (Å²) in [4.78, 5) is 17.3. The molecule has 1 fully saturated rings. The van der Waals surface area contributed by atoms with Crippen LogP contribution >= 0.6 is 0 Å². The lowest BCUT2D eigenvalue weighted by Crippen LogP contribution is -2.48. The Labute approximate surface area is 135 Å². The van der Waals surface area contributed by atoms with Gasteiger partial charge in [-0.2, -0.15) is 0 Å². The number of sulfonamides is 1. The molecule has 1 aromatic rings. The molecule has 0 unspecified atom stereocenters. The van der Waals surface area contributed by atoms with Gasteiger partial charge in [0.25, 0.3) is 0 Å². The van der Waals surface area contributed by atoms with Crippen LogP contribution in [0, 0.1) is 5.82 Å². The monoisotopic (exact) mass is 344 g/mol. The number of piperidine rings is 1. The van der Waals surface area contributed by atoms with Gasteiger partial charge in [0.1, 0.15) is 0 Å². The summed E-state index contributed by atoms with van der Waals surface area (Å²) in [6.07, 6.45) is 3.55. The molecule has 23 heavy (non-hydrogen) atoms. The van der Waals surface area contributed by atoms with Gasteiger partial charge in [0, 0.05) is 32.4 Å². The van der Waals surface area contributed by atoms with Crippen molar-refractivity contribution < 1.29 is 17.6 Å². The summed E-state index contributed by atoms with van der Waals surface area (Å²) in [6.45, 7) is 2.46. The smallest absolute Gasteiger partial charge is 0.321 e. The summed E-state index contributed by atoms with van der Waals surface area (Å²) >= 11 is 0. The highest BCUT2D eigenvalue weighted by Crippen LogP contribution is 2.19. The Morgan fingerprint density at radius 3 is 2.70 bits per heavy atom. The highest BCUT2D eigenvalue weighted by atomic mass is 32.2. The average molecular weight is 344 g/mol. The molecule has 2 amide bonds. The number of anilines is 1. The number of aromatic nitrogens is 1. The third kappa shape index (κ3) is 4.17. The third-order valence-corrected chi connectivity index (χ3v) is 5.99. The molecule has 1 N–H and O–H groups in total. The number of nitrogens with one attached hydrogen (secondary N) is 1. The lowest BCUT2D eigenvalue weighted by Gasteiger charge is -2.36. The number of pyridine rings is 1. The van der Waals surface area contributed by atoms with E-state index in [0.29, 0.717) is 25.9 Å². The zero-order valence-corrected chi connectivity index (χ0v) is 14.0. The normalized spacial score (nSPS) is 16.6. The highest BCUT2D eigenvalue weighted by molar-refractivity contribution is 7.89. The van der Waals surface area contributed by atoms with Crippen LogP contribution in [0.5, 0.6) is 0 Å². The molecule has 0 atom stereocenters. The van der Waals surface area contributed by atoms with Gasteiger partial charge in [0.05, 0.1) is 17.6 Å². The molecule has 1 aliphatic rings. The topological polar surface area (TPSA) is 82.6 Å². The number of hydrogen-bond acceptors (Lipinski definition) is 4. The fourth-order valence-electron chi connectivity index (χ4n) is 2.53. The van der Waals surface area contributed by atoms with Gasteiger partial charge in [-0.15, -0.1) is 0 Å². The van der Waals surface area contributed by atoms with E-state index in [1.54, 1.807) is 18.9 Å². The first-order valence-electron chi connectivity index (χ1n) is 7.46. The van der Waals surface area contributed by atoms with E-state index in [1.165, 1.54) is 16.6 Å². The quantitative estimate of drug-likeness (QED) is 0.897. The van der Waals surface area contributed by atoms with Gasteiger partial charge in [-0.1, -0.05) is 0 Å². The third-order valence-electron chi connectivity index (χ3n) is 4.08. The maximum atomic E-state index is 13.5. The van der Waals surface area contributed by atoms with Crippen molar-refractivity contribution in [1.82, 2.24) is 14.2 Å². The molecule has 2 rings (SSSR count). The lowest BCUT2D eigenvalue weighted by molar-refractivity contribution is 0.174. The fourth-order valence-corrected chi connectivity index (χ4v) is 3.61. The molecule has 0 spiro atoms. The van der Waals surface area contributed by atoms with Crippen LogP contribution < -0.4 is 5.32 Å². The minimum absolute atomic E-state index is 0.0610. The van der Waals surface area contributed by atoms with E-state index < -0.39 is 21.9 Å². The zero-order valence-electron chi connectivity index (χ0n) is 13.2. The second-order valence-electron chi connectivity index (χ2n) is 5.42. The van der Waals surface area contributed by atoms with Gasteiger partial charge in [-0.3, -0.25) is 4.98 Å². The van der Waals surface area contributed by atoms with Crippen LogP contribution in [0.4, 0.5) is 14.9 Å². The summed E-state index contributed by atoms with van der Waals surface area (Å²) < 4.78 is 38.6. The maximum Gasteiger partial charge on any atom is 0.321 e. The fraction of sp³-hybridized carbons (Fsp3) is 0.571. The second kappa shape index (κ2) is 7.22. The molecule has 1 aromatic heterocycles. The van der Waals surface area contributed by atoms with E-state index in [2.05, 4.69) is 10.3 Å². The van der Waals surface area contributed by atoms with Gasteiger partial charge in [-0.05, 0) is 25.8 Å². The van der Waals surface area contributed by atoms with Crippen molar-refractivity contribution in [2.24, 2.45) is 0 Å². The first kappa shape index (κ1) is 17.6. The predicted octanol–water partition coefficient (Wildman–Crippen LogP) is 1.50.